The monoisotopic (exact) mass is 153 g/mol. The van der Waals surface area contributed by atoms with Crippen LogP contribution in [0.25, 0.3) is 0 Å². The number of nitrogens with one attached hydrogen (secondary N) is 1. The third-order valence-electron chi connectivity index (χ3n) is 1.13. The molecule has 1 rings (SSSR count). The molecule has 0 radical (unpaired) electrons. The van der Waals surface area contributed by atoms with Gasteiger partial charge in [0.15, 0.2) is 0 Å². The Bertz CT molecular complexity index is 234. The first-order valence-corrected chi connectivity index (χ1v) is 2.95. The Morgan fingerprint density at radius 3 is 2.91 bits per heavy atom. The molecule has 1 aromatic heterocycles. The molecule has 0 aromatic carbocycles. The highest BCUT2D eigenvalue weighted by atomic mass is 16.5. The second-order valence-corrected chi connectivity index (χ2v) is 1.79. The Morgan fingerprint density at radius 2 is 2.45 bits per heavy atom. The van der Waals surface area contributed by atoms with Crippen molar-refractivity contribution in [2.24, 2.45) is 5.29 Å². The SMILES string of the molecule is COc1ccc(NN=O)nc1. The number of methoxy groups -OCH3 is 1. The van der Waals surface area contributed by atoms with Gasteiger partial charge in [0.2, 0.25) is 0 Å². The molecule has 0 spiro atoms. The summed E-state index contributed by atoms with van der Waals surface area (Å²) in [4.78, 5) is 13.5. The van der Waals surface area contributed by atoms with Crippen LogP contribution in [-0.2, 0) is 0 Å². The molecule has 58 valence electrons. The molecule has 5 nitrogen and oxygen atoms in total. The Balaban J connectivity index is 2.74. The maximum atomic E-state index is 9.70. The first kappa shape index (κ1) is 7.46. The van der Waals surface area contributed by atoms with Crippen LogP contribution in [-0.4, -0.2) is 12.1 Å². The van der Waals surface area contributed by atoms with Crippen molar-refractivity contribution in [3.8, 4) is 5.75 Å². The summed E-state index contributed by atoms with van der Waals surface area (Å²) in [6, 6.07) is 3.28. The van der Waals surface area contributed by atoms with E-state index in [1.807, 2.05) is 0 Å². The normalized spacial score (nSPS) is 8.82. The summed E-state index contributed by atoms with van der Waals surface area (Å²) in [7, 11) is 1.54. The van der Waals surface area contributed by atoms with Gasteiger partial charge in [-0.2, -0.15) is 0 Å². The summed E-state index contributed by atoms with van der Waals surface area (Å²) in [6.45, 7) is 0. The first-order valence-electron chi connectivity index (χ1n) is 2.95. The smallest absolute Gasteiger partial charge is 0.149 e. The van der Waals surface area contributed by atoms with E-state index < -0.39 is 0 Å². The molecule has 1 N–H and O–H groups in total. The van der Waals surface area contributed by atoms with Gasteiger partial charge in [-0.15, -0.1) is 4.91 Å². The predicted octanol–water partition coefficient (Wildman–Crippen LogP) is 1.18. The van der Waals surface area contributed by atoms with Crippen molar-refractivity contribution in [3.63, 3.8) is 0 Å². The van der Waals surface area contributed by atoms with Crippen molar-refractivity contribution in [2.45, 2.75) is 0 Å². The van der Waals surface area contributed by atoms with Crippen molar-refractivity contribution < 1.29 is 4.74 Å². The molecule has 1 aromatic rings. The van der Waals surface area contributed by atoms with Gasteiger partial charge in [0.25, 0.3) is 0 Å². The third-order valence-corrected chi connectivity index (χ3v) is 1.13. The van der Waals surface area contributed by atoms with Crippen LogP contribution in [0.1, 0.15) is 0 Å². The molecule has 0 aliphatic carbocycles. The van der Waals surface area contributed by atoms with E-state index >= 15 is 0 Å². The lowest BCUT2D eigenvalue weighted by atomic mass is 10.4. The van der Waals surface area contributed by atoms with Gasteiger partial charge in [-0.1, -0.05) is 0 Å². The topological polar surface area (TPSA) is 63.6 Å². The molecule has 0 bridgehead atoms. The number of aromatic nitrogens is 1. The standard InChI is InChI=1S/C6H7N3O2/c1-11-5-2-3-6(7-4-5)8-9-10/h2-4H,1H3,(H,7,8,10). The summed E-state index contributed by atoms with van der Waals surface area (Å²) in [5.41, 5.74) is 2.16. The molecule has 0 atom stereocenters. The van der Waals surface area contributed by atoms with E-state index in [1.165, 1.54) is 6.20 Å². The average Bonchev–Trinajstić information content (AvgIpc) is 2.07. The van der Waals surface area contributed by atoms with Gasteiger partial charge < -0.3 is 4.74 Å². The van der Waals surface area contributed by atoms with Gasteiger partial charge in [0, 0.05) is 0 Å². The van der Waals surface area contributed by atoms with E-state index in [4.69, 9.17) is 4.74 Å². The number of anilines is 1. The number of nitroso groups, excluding NO2 is 1. The summed E-state index contributed by atoms with van der Waals surface area (Å²) in [6.07, 6.45) is 1.49. The zero-order valence-electron chi connectivity index (χ0n) is 5.94. The summed E-state index contributed by atoms with van der Waals surface area (Å²) >= 11 is 0. The maximum Gasteiger partial charge on any atom is 0.149 e. The molecule has 5 heteroatoms. The van der Waals surface area contributed by atoms with Crippen molar-refractivity contribution in [1.29, 1.82) is 0 Å². The lowest BCUT2D eigenvalue weighted by Gasteiger charge is -1.98. The highest BCUT2D eigenvalue weighted by molar-refractivity contribution is 5.36. The predicted molar refractivity (Wildman–Crippen MR) is 40.2 cm³/mol. The largest absolute Gasteiger partial charge is 0.495 e. The van der Waals surface area contributed by atoms with Crippen LogP contribution in [0.5, 0.6) is 5.75 Å². The summed E-state index contributed by atoms with van der Waals surface area (Å²) in [5.74, 6) is 1.04. The van der Waals surface area contributed by atoms with Crippen LogP contribution in [0.15, 0.2) is 23.6 Å². The minimum Gasteiger partial charge on any atom is -0.495 e. The quantitative estimate of drug-likeness (QED) is 0.523. The number of rotatable bonds is 3. The fourth-order valence-corrected chi connectivity index (χ4v) is 0.614. The highest BCUT2D eigenvalue weighted by Gasteiger charge is 1.92. The lowest BCUT2D eigenvalue weighted by Crippen LogP contribution is -1.90. The van der Waals surface area contributed by atoms with Crippen LogP contribution < -0.4 is 10.2 Å². The zero-order chi connectivity index (χ0) is 8.10. The molecular formula is C6H7N3O2. The van der Waals surface area contributed by atoms with E-state index in [1.54, 1.807) is 19.2 Å². The molecular weight excluding hydrogens is 146 g/mol. The fraction of sp³-hybridized carbons (Fsp3) is 0.167. The van der Waals surface area contributed by atoms with Crippen molar-refractivity contribution >= 4 is 5.82 Å². The van der Waals surface area contributed by atoms with E-state index in [9.17, 15) is 4.91 Å². The molecule has 1 heterocycles. The van der Waals surface area contributed by atoms with Crippen molar-refractivity contribution in [3.05, 3.63) is 23.2 Å². The van der Waals surface area contributed by atoms with Crippen molar-refractivity contribution in [2.75, 3.05) is 12.5 Å². The molecule has 0 fully saturated rings. The Labute approximate surface area is 63.3 Å². The summed E-state index contributed by atoms with van der Waals surface area (Å²) < 4.78 is 4.85. The minimum absolute atomic E-state index is 0.404. The molecule has 0 aliphatic rings. The van der Waals surface area contributed by atoms with E-state index in [2.05, 4.69) is 15.7 Å². The Morgan fingerprint density at radius 1 is 1.64 bits per heavy atom. The van der Waals surface area contributed by atoms with E-state index in [-0.39, 0.29) is 0 Å². The second-order valence-electron chi connectivity index (χ2n) is 1.79. The van der Waals surface area contributed by atoms with Crippen molar-refractivity contribution in [1.82, 2.24) is 4.98 Å². The van der Waals surface area contributed by atoms with Gasteiger partial charge in [0.05, 0.1) is 18.6 Å². The molecule has 0 saturated heterocycles. The maximum absolute atomic E-state index is 9.70. The minimum atomic E-state index is 0.404. The average molecular weight is 153 g/mol. The molecule has 0 aliphatic heterocycles. The lowest BCUT2D eigenvalue weighted by molar-refractivity contribution is 0.413. The number of hydrogen-bond donors (Lipinski definition) is 1. The van der Waals surface area contributed by atoms with Crippen LogP contribution in [0.4, 0.5) is 5.82 Å². The Hall–Kier alpha value is -1.65. The second kappa shape index (κ2) is 3.50. The van der Waals surface area contributed by atoms with Crippen LogP contribution >= 0.6 is 0 Å². The van der Waals surface area contributed by atoms with Crippen LogP contribution in [0.2, 0.25) is 0 Å². The van der Waals surface area contributed by atoms with Crippen LogP contribution in [0, 0.1) is 4.91 Å². The van der Waals surface area contributed by atoms with E-state index in [0.29, 0.717) is 11.6 Å². The molecule has 0 amide bonds. The van der Waals surface area contributed by atoms with Gasteiger partial charge in [-0.25, -0.2) is 10.4 Å². The summed E-state index contributed by atoms with van der Waals surface area (Å²) in [5, 5.41) is 2.46. The Kier molecular flexibility index (Phi) is 2.37. The van der Waals surface area contributed by atoms with Gasteiger partial charge in [-0.3, -0.25) is 0 Å². The number of nitrogens with zero attached hydrogens (tertiary/aromatic N) is 2. The molecule has 0 unspecified atom stereocenters. The van der Waals surface area contributed by atoms with Gasteiger partial charge in [0.1, 0.15) is 11.6 Å². The number of ether oxygens (including phenoxy) is 1. The van der Waals surface area contributed by atoms with Crippen LogP contribution in [0.3, 0.4) is 0 Å². The third kappa shape index (κ3) is 1.89. The van der Waals surface area contributed by atoms with E-state index in [0.717, 1.165) is 0 Å². The number of hydrogen-bond acceptors (Lipinski definition) is 4. The fourth-order valence-electron chi connectivity index (χ4n) is 0.614. The molecule has 0 saturated carbocycles. The number of pyridine rings is 1. The molecule has 11 heavy (non-hydrogen) atoms. The van der Waals surface area contributed by atoms with Gasteiger partial charge in [-0.05, 0) is 12.1 Å². The van der Waals surface area contributed by atoms with Gasteiger partial charge >= 0.3 is 0 Å². The highest BCUT2D eigenvalue weighted by Crippen LogP contribution is 2.10. The zero-order valence-corrected chi connectivity index (χ0v) is 5.94. The first-order chi connectivity index (χ1) is 5.36.